The molecule has 1 aliphatic heterocycles. The number of fused-ring (bicyclic) bond motifs is 1. The van der Waals surface area contributed by atoms with Crippen molar-refractivity contribution in [2.24, 2.45) is 0 Å². The lowest BCUT2D eigenvalue weighted by molar-refractivity contribution is -0.137. The van der Waals surface area contributed by atoms with E-state index in [0.717, 1.165) is 17.5 Å². The summed E-state index contributed by atoms with van der Waals surface area (Å²) in [6.07, 6.45) is 1.36. The summed E-state index contributed by atoms with van der Waals surface area (Å²) in [5.74, 6) is -0.871. The molecule has 2 aromatic rings. The van der Waals surface area contributed by atoms with Crippen LogP contribution in [0.25, 0.3) is 0 Å². The maximum atomic E-state index is 13.0. The number of hydrogen-bond donors (Lipinski definition) is 1. The van der Waals surface area contributed by atoms with E-state index >= 15 is 0 Å². The summed E-state index contributed by atoms with van der Waals surface area (Å²) in [6.45, 7) is 2.18. The van der Waals surface area contributed by atoms with Crippen molar-refractivity contribution in [3.05, 3.63) is 57.3 Å². The average molecular weight is 359 g/mol. The van der Waals surface area contributed by atoms with Crippen molar-refractivity contribution in [2.45, 2.75) is 32.4 Å². The van der Waals surface area contributed by atoms with Gasteiger partial charge < -0.3 is 14.7 Å². The first-order valence-corrected chi connectivity index (χ1v) is 9.19. The standard InChI is InChI=1S/C19H21NO4S/c21-18(22)7-4-9-20(12-14-5-2-1-3-6-14)19(23)17-11-15-13-24-10-8-16(15)25-17/h1-3,5-6,11H,4,7-10,12-13H2,(H,21,22). The quantitative estimate of drug-likeness (QED) is 0.823. The van der Waals surface area contributed by atoms with Crippen LogP contribution in [0.5, 0.6) is 0 Å². The second-order valence-corrected chi connectivity index (χ2v) is 7.21. The third-order valence-electron chi connectivity index (χ3n) is 4.16. The minimum absolute atomic E-state index is 0.0337. The number of carboxylic acids is 1. The van der Waals surface area contributed by atoms with Gasteiger partial charge in [0.25, 0.3) is 5.91 Å². The molecule has 0 saturated carbocycles. The largest absolute Gasteiger partial charge is 0.481 e. The molecule has 0 aliphatic carbocycles. The fourth-order valence-corrected chi connectivity index (χ4v) is 4.00. The topological polar surface area (TPSA) is 66.8 Å². The van der Waals surface area contributed by atoms with Crippen LogP contribution in [-0.4, -0.2) is 35.0 Å². The summed E-state index contributed by atoms with van der Waals surface area (Å²) in [6, 6.07) is 11.7. The third-order valence-corrected chi connectivity index (χ3v) is 5.39. The summed E-state index contributed by atoms with van der Waals surface area (Å²) in [5, 5.41) is 8.87. The highest BCUT2D eigenvalue weighted by Gasteiger charge is 2.22. The minimum Gasteiger partial charge on any atom is -0.481 e. The maximum absolute atomic E-state index is 13.0. The molecular formula is C19H21NO4S. The Bertz CT molecular complexity index is 718. The van der Waals surface area contributed by atoms with Crippen molar-refractivity contribution >= 4 is 23.2 Å². The molecule has 1 aromatic heterocycles. The molecule has 3 rings (SSSR count). The Morgan fingerprint density at radius 2 is 2.04 bits per heavy atom. The lowest BCUT2D eigenvalue weighted by Crippen LogP contribution is -2.31. The molecule has 0 fully saturated rings. The Balaban J connectivity index is 1.75. The molecule has 1 aromatic carbocycles. The summed E-state index contributed by atoms with van der Waals surface area (Å²) in [5.41, 5.74) is 2.14. The highest BCUT2D eigenvalue weighted by atomic mass is 32.1. The number of carboxylic acid groups (broad SMARTS) is 1. The van der Waals surface area contributed by atoms with E-state index in [9.17, 15) is 9.59 Å². The summed E-state index contributed by atoms with van der Waals surface area (Å²) in [4.78, 5) is 27.5. The molecule has 0 radical (unpaired) electrons. The van der Waals surface area contributed by atoms with Crippen molar-refractivity contribution in [1.82, 2.24) is 4.90 Å². The van der Waals surface area contributed by atoms with Gasteiger partial charge >= 0.3 is 5.97 Å². The molecule has 2 heterocycles. The van der Waals surface area contributed by atoms with Gasteiger partial charge in [0.15, 0.2) is 0 Å². The monoisotopic (exact) mass is 359 g/mol. The first kappa shape index (κ1) is 17.6. The fraction of sp³-hybridized carbons (Fsp3) is 0.368. The second kappa shape index (κ2) is 8.27. The lowest BCUT2D eigenvalue weighted by Gasteiger charge is -2.22. The maximum Gasteiger partial charge on any atom is 0.303 e. The van der Waals surface area contributed by atoms with Gasteiger partial charge in [-0.05, 0) is 23.6 Å². The fourth-order valence-electron chi connectivity index (χ4n) is 2.89. The van der Waals surface area contributed by atoms with Gasteiger partial charge in [-0.25, -0.2) is 0 Å². The molecule has 0 unspecified atom stereocenters. The number of thiophene rings is 1. The summed E-state index contributed by atoms with van der Waals surface area (Å²) >= 11 is 1.53. The molecular weight excluding hydrogens is 338 g/mol. The van der Waals surface area contributed by atoms with Crippen LogP contribution in [0.3, 0.4) is 0 Å². The number of benzene rings is 1. The van der Waals surface area contributed by atoms with Crippen molar-refractivity contribution in [1.29, 1.82) is 0 Å². The molecule has 0 saturated heterocycles. The van der Waals surface area contributed by atoms with Gasteiger partial charge in [-0.1, -0.05) is 30.3 Å². The van der Waals surface area contributed by atoms with Crippen LogP contribution in [0.4, 0.5) is 0 Å². The van der Waals surface area contributed by atoms with E-state index in [4.69, 9.17) is 9.84 Å². The predicted molar refractivity (Wildman–Crippen MR) is 95.7 cm³/mol. The second-order valence-electron chi connectivity index (χ2n) is 6.07. The zero-order chi connectivity index (χ0) is 17.6. The summed E-state index contributed by atoms with van der Waals surface area (Å²) in [7, 11) is 0. The summed E-state index contributed by atoms with van der Waals surface area (Å²) < 4.78 is 5.45. The van der Waals surface area contributed by atoms with Crippen molar-refractivity contribution in [2.75, 3.05) is 13.2 Å². The number of amides is 1. The predicted octanol–water partition coefficient (Wildman–Crippen LogP) is 3.33. The van der Waals surface area contributed by atoms with E-state index in [0.29, 0.717) is 37.6 Å². The molecule has 0 spiro atoms. The lowest BCUT2D eigenvalue weighted by atomic mass is 10.1. The number of carbonyl (C=O) groups excluding carboxylic acids is 1. The molecule has 5 nitrogen and oxygen atoms in total. The number of aliphatic carboxylic acids is 1. The van der Waals surface area contributed by atoms with Crippen LogP contribution in [0.1, 0.15) is 38.5 Å². The number of nitrogens with zero attached hydrogens (tertiary/aromatic N) is 1. The molecule has 0 atom stereocenters. The van der Waals surface area contributed by atoms with Crippen LogP contribution >= 0.6 is 11.3 Å². The van der Waals surface area contributed by atoms with Gasteiger partial charge in [0.05, 0.1) is 18.1 Å². The first-order chi connectivity index (χ1) is 12.1. The zero-order valence-corrected chi connectivity index (χ0v) is 14.8. The van der Waals surface area contributed by atoms with Gasteiger partial charge in [-0.2, -0.15) is 0 Å². The van der Waals surface area contributed by atoms with Crippen LogP contribution < -0.4 is 0 Å². The SMILES string of the molecule is O=C(O)CCCN(Cc1ccccc1)C(=O)c1cc2c(s1)CCOC2. The Kier molecular flexibility index (Phi) is 5.83. The highest BCUT2D eigenvalue weighted by Crippen LogP contribution is 2.28. The van der Waals surface area contributed by atoms with Gasteiger partial charge in [-0.3, -0.25) is 9.59 Å². The van der Waals surface area contributed by atoms with E-state index < -0.39 is 5.97 Å². The normalized spacial score (nSPS) is 13.3. The zero-order valence-electron chi connectivity index (χ0n) is 13.9. The Labute approximate surface area is 150 Å². The van der Waals surface area contributed by atoms with Gasteiger partial charge in [0.2, 0.25) is 0 Å². The minimum atomic E-state index is -0.837. The molecule has 1 aliphatic rings. The van der Waals surface area contributed by atoms with Gasteiger partial charge in [0, 0.05) is 30.8 Å². The number of ether oxygens (including phenoxy) is 1. The van der Waals surface area contributed by atoms with E-state index in [1.54, 1.807) is 4.90 Å². The van der Waals surface area contributed by atoms with Crippen molar-refractivity contribution in [3.63, 3.8) is 0 Å². The number of hydrogen-bond acceptors (Lipinski definition) is 4. The third kappa shape index (κ3) is 4.67. The van der Waals surface area contributed by atoms with Crippen LogP contribution in [0, 0.1) is 0 Å². The molecule has 132 valence electrons. The van der Waals surface area contributed by atoms with E-state index in [-0.39, 0.29) is 12.3 Å². The van der Waals surface area contributed by atoms with E-state index in [1.165, 1.54) is 16.2 Å². The Hall–Kier alpha value is -2.18. The average Bonchev–Trinajstić information content (AvgIpc) is 3.05. The molecule has 25 heavy (non-hydrogen) atoms. The van der Waals surface area contributed by atoms with Crippen LogP contribution in [0.15, 0.2) is 36.4 Å². The van der Waals surface area contributed by atoms with Crippen molar-refractivity contribution in [3.8, 4) is 0 Å². The highest BCUT2D eigenvalue weighted by molar-refractivity contribution is 7.14. The number of carbonyl (C=O) groups is 2. The van der Waals surface area contributed by atoms with Crippen LogP contribution in [-0.2, 0) is 29.1 Å². The molecule has 6 heteroatoms. The molecule has 0 bridgehead atoms. The first-order valence-electron chi connectivity index (χ1n) is 8.38. The van der Waals surface area contributed by atoms with E-state index in [2.05, 4.69) is 0 Å². The van der Waals surface area contributed by atoms with Gasteiger partial charge in [0.1, 0.15) is 0 Å². The van der Waals surface area contributed by atoms with Gasteiger partial charge in [-0.15, -0.1) is 11.3 Å². The molecule has 1 N–H and O–H groups in total. The Morgan fingerprint density at radius 3 is 2.76 bits per heavy atom. The number of rotatable bonds is 7. The smallest absolute Gasteiger partial charge is 0.303 e. The van der Waals surface area contributed by atoms with E-state index in [1.807, 2.05) is 36.4 Å². The van der Waals surface area contributed by atoms with Crippen LogP contribution in [0.2, 0.25) is 0 Å². The molecule has 1 amide bonds. The Morgan fingerprint density at radius 1 is 1.24 bits per heavy atom. The van der Waals surface area contributed by atoms with Crippen molar-refractivity contribution < 1.29 is 19.4 Å².